The third kappa shape index (κ3) is 2.70. The van der Waals surface area contributed by atoms with Gasteiger partial charge in [0.15, 0.2) is 0 Å². The molecule has 0 radical (unpaired) electrons. The van der Waals surface area contributed by atoms with Crippen molar-refractivity contribution in [3.8, 4) is 0 Å². The van der Waals surface area contributed by atoms with Crippen molar-refractivity contribution in [1.82, 2.24) is 0 Å². The second-order valence-corrected chi connectivity index (χ2v) is 7.94. The van der Waals surface area contributed by atoms with Gasteiger partial charge in [-0.25, -0.2) is 8.42 Å². The van der Waals surface area contributed by atoms with E-state index in [1.165, 1.54) is 6.07 Å². The van der Waals surface area contributed by atoms with Crippen LogP contribution in [-0.2, 0) is 20.2 Å². The minimum Gasteiger partial charge on any atom is -0.325 e. The lowest BCUT2D eigenvalue weighted by Crippen LogP contribution is -2.27. The Morgan fingerprint density at radius 1 is 1.09 bits per heavy atom. The van der Waals surface area contributed by atoms with Crippen LogP contribution in [0, 0.1) is 6.92 Å². The number of rotatable bonds is 3. The van der Waals surface area contributed by atoms with Gasteiger partial charge in [0.2, 0.25) is 5.91 Å². The maximum absolute atomic E-state index is 12.6. The van der Waals surface area contributed by atoms with Gasteiger partial charge in [0.25, 0.3) is 10.0 Å². The summed E-state index contributed by atoms with van der Waals surface area (Å²) in [6.07, 6.45) is 0. The van der Waals surface area contributed by atoms with E-state index in [1.54, 1.807) is 44.2 Å². The lowest BCUT2D eigenvalue weighted by Gasteiger charge is -2.16. The van der Waals surface area contributed by atoms with Gasteiger partial charge >= 0.3 is 0 Å². The molecule has 3 rings (SSSR count). The van der Waals surface area contributed by atoms with Crippen molar-refractivity contribution in [3.63, 3.8) is 0 Å². The number of carbonyl (C=O) groups is 1. The molecule has 0 fully saturated rings. The van der Waals surface area contributed by atoms with Crippen molar-refractivity contribution in [1.29, 1.82) is 0 Å². The largest absolute Gasteiger partial charge is 0.325 e. The predicted molar refractivity (Wildman–Crippen MR) is 90.1 cm³/mol. The molecule has 2 aromatic carbocycles. The summed E-state index contributed by atoms with van der Waals surface area (Å²) >= 11 is 0. The summed E-state index contributed by atoms with van der Waals surface area (Å²) in [5, 5.41) is 2.77. The Balaban J connectivity index is 1.99. The molecule has 0 atom stereocenters. The van der Waals surface area contributed by atoms with Crippen LogP contribution in [0.15, 0.2) is 47.4 Å². The van der Waals surface area contributed by atoms with Crippen LogP contribution in [0.25, 0.3) is 0 Å². The van der Waals surface area contributed by atoms with Gasteiger partial charge < -0.3 is 5.32 Å². The fraction of sp³-hybridized carbons (Fsp3) is 0.235. The van der Waals surface area contributed by atoms with Crippen LogP contribution < -0.4 is 10.0 Å². The van der Waals surface area contributed by atoms with E-state index in [2.05, 4.69) is 10.0 Å². The zero-order chi connectivity index (χ0) is 16.8. The van der Waals surface area contributed by atoms with Crippen LogP contribution in [0.5, 0.6) is 0 Å². The fourth-order valence-corrected chi connectivity index (χ4v) is 3.72. The van der Waals surface area contributed by atoms with E-state index in [9.17, 15) is 13.2 Å². The van der Waals surface area contributed by atoms with Crippen molar-refractivity contribution in [2.24, 2.45) is 0 Å². The normalized spacial score (nSPS) is 15.9. The minimum absolute atomic E-state index is 0.131. The molecule has 1 heterocycles. The Labute approximate surface area is 135 Å². The van der Waals surface area contributed by atoms with E-state index >= 15 is 0 Å². The first kappa shape index (κ1) is 15.6. The molecule has 6 heteroatoms. The Hall–Kier alpha value is -2.34. The summed E-state index contributed by atoms with van der Waals surface area (Å²) in [5.74, 6) is -0.131. The maximum Gasteiger partial charge on any atom is 0.261 e. The number of aryl methyl sites for hydroxylation is 1. The highest BCUT2D eigenvalue weighted by Crippen LogP contribution is 2.38. The minimum atomic E-state index is -3.71. The van der Waals surface area contributed by atoms with E-state index in [4.69, 9.17) is 0 Å². The van der Waals surface area contributed by atoms with E-state index < -0.39 is 15.4 Å². The highest BCUT2D eigenvalue weighted by molar-refractivity contribution is 7.92. The van der Waals surface area contributed by atoms with Crippen LogP contribution in [-0.4, -0.2) is 14.3 Å². The molecule has 0 unspecified atom stereocenters. The molecule has 120 valence electrons. The number of hydrogen-bond donors (Lipinski definition) is 2. The van der Waals surface area contributed by atoms with Crippen LogP contribution in [0.3, 0.4) is 0 Å². The Kier molecular flexibility index (Phi) is 3.44. The topological polar surface area (TPSA) is 75.3 Å². The van der Waals surface area contributed by atoms with E-state index in [1.807, 2.05) is 13.0 Å². The van der Waals surface area contributed by atoms with Crippen molar-refractivity contribution in [2.45, 2.75) is 31.1 Å². The molecular formula is C17H18N2O3S. The van der Waals surface area contributed by atoms with Gasteiger partial charge in [-0.1, -0.05) is 12.1 Å². The van der Waals surface area contributed by atoms with Gasteiger partial charge in [0.05, 0.1) is 10.3 Å². The molecule has 1 amide bonds. The zero-order valence-corrected chi connectivity index (χ0v) is 14.0. The first-order chi connectivity index (χ1) is 10.7. The Morgan fingerprint density at radius 2 is 1.83 bits per heavy atom. The third-order valence-corrected chi connectivity index (χ3v) is 5.44. The van der Waals surface area contributed by atoms with E-state index in [0.29, 0.717) is 16.9 Å². The molecule has 0 saturated carbocycles. The molecule has 0 aliphatic carbocycles. The first-order valence-corrected chi connectivity index (χ1v) is 8.74. The summed E-state index contributed by atoms with van der Waals surface area (Å²) in [6, 6.07) is 11.8. The van der Waals surface area contributed by atoms with Gasteiger partial charge in [-0.05, 0) is 62.2 Å². The van der Waals surface area contributed by atoms with Gasteiger partial charge in [0.1, 0.15) is 0 Å². The summed E-state index contributed by atoms with van der Waals surface area (Å²) in [5.41, 5.74) is 2.09. The molecule has 0 saturated heterocycles. The van der Waals surface area contributed by atoms with Crippen LogP contribution in [0.4, 0.5) is 11.4 Å². The van der Waals surface area contributed by atoms with Gasteiger partial charge in [-0.2, -0.15) is 0 Å². The first-order valence-electron chi connectivity index (χ1n) is 7.26. The molecule has 23 heavy (non-hydrogen) atoms. The van der Waals surface area contributed by atoms with E-state index in [0.717, 1.165) is 5.56 Å². The lowest BCUT2D eigenvalue weighted by atomic mass is 9.86. The lowest BCUT2D eigenvalue weighted by molar-refractivity contribution is -0.119. The number of hydrogen-bond acceptors (Lipinski definition) is 3. The van der Waals surface area contributed by atoms with Crippen molar-refractivity contribution < 1.29 is 13.2 Å². The maximum atomic E-state index is 12.6. The Bertz CT molecular complexity index is 902. The van der Waals surface area contributed by atoms with Gasteiger partial charge in [-0.15, -0.1) is 0 Å². The number of anilines is 2. The molecule has 5 nitrogen and oxygen atoms in total. The number of carbonyl (C=O) groups excluding carboxylic acids is 1. The third-order valence-electron chi connectivity index (χ3n) is 4.06. The number of fused-ring (bicyclic) bond motifs is 1. The molecule has 0 aromatic heterocycles. The highest BCUT2D eigenvalue weighted by Gasteiger charge is 2.39. The second kappa shape index (κ2) is 5.09. The number of sulfonamides is 1. The zero-order valence-electron chi connectivity index (χ0n) is 13.2. The summed E-state index contributed by atoms with van der Waals surface area (Å²) in [4.78, 5) is 12.1. The predicted octanol–water partition coefficient (Wildman–Crippen LogP) is 3.03. The second-order valence-electron chi connectivity index (χ2n) is 6.26. The van der Waals surface area contributed by atoms with Crippen molar-refractivity contribution in [3.05, 3.63) is 53.6 Å². The smallest absolute Gasteiger partial charge is 0.261 e. The van der Waals surface area contributed by atoms with Crippen LogP contribution >= 0.6 is 0 Å². The Morgan fingerprint density at radius 3 is 2.52 bits per heavy atom. The molecule has 0 spiro atoms. The summed E-state index contributed by atoms with van der Waals surface area (Å²) < 4.78 is 27.7. The molecule has 1 aliphatic heterocycles. The molecule has 0 bridgehead atoms. The monoisotopic (exact) mass is 330 g/mol. The van der Waals surface area contributed by atoms with Crippen LogP contribution in [0.1, 0.15) is 25.0 Å². The van der Waals surface area contributed by atoms with E-state index in [-0.39, 0.29) is 10.8 Å². The van der Waals surface area contributed by atoms with Gasteiger partial charge in [-0.3, -0.25) is 9.52 Å². The highest BCUT2D eigenvalue weighted by atomic mass is 32.2. The number of amides is 1. The SMILES string of the molecule is Cc1cccc(NS(=O)(=O)c2ccc3c(c2)C(C)(C)C(=O)N3)c1. The molecular weight excluding hydrogens is 312 g/mol. The average molecular weight is 330 g/mol. The number of nitrogens with one attached hydrogen (secondary N) is 2. The quantitative estimate of drug-likeness (QED) is 0.908. The number of benzene rings is 2. The van der Waals surface area contributed by atoms with Crippen LogP contribution in [0.2, 0.25) is 0 Å². The molecule has 2 N–H and O–H groups in total. The summed E-state index contributed by atoms with van der Waals surface area (Å²) in [7, 11) is -3.71. The molecule has 2 aromatic rings. The van der Waals surface area contributed by atoms with Crippen molar-refractivity contribution in [2.75, 3.05) is 10.0 Å². The molecule has 1 aliphatic rings. The average Bonchev–Trinajstić information content (AvgIpc) is 2.68. The summed E-state index contributed by atoms with van der Waals surface area (Å²) in [6.45, 7) is 5.45. The van der Waals surface area contributed by atoms with Crippen molar-refractivity contribution >= 4 is 27.3 Å². The van der Waals surface area contributed by atoms with Gasteiger partial charge in [0, 0.05) is 11.4 Å². The standard InChI is InChI=1S/C17H18N2O3S/c1-11-5-4-6-12(9-11)19-23(21,22)13-7-8-15-14(10-13)17(2,3)16(20)18-15/h4-10,19H,1-3H3,(H,18,20). The fourth-order valence-electron chi connectivity index (χ4n) is 2.64.